The van der Waals surface area contributed by atoms with Crippen LogP contribution in [0.5, 0.6) is 0 Å². The second kappa shape index (κ2) is 5.30. The van der Waals surface area contributed by atoms with Crippen LogP contribution in [0.2, 0.25) is 0 Å². The van der Waals surface area contributed by atoms with Crippen molar-refractivity contribution >= 4 is 5.57 Å². The van der Waals surface area contributed by atoms with Crippen LogP contribution in [0.15, 0.2) is 54.9 Å². The standard InChI is InChI=1S/C15H15NO/c1-12(11-17-2)15-10-14(8-9-16-15)13-6-4-3-5-7-13/h3-11H,1-2H3/b12-11-. The van der Waals surface area contributed by atoms with Gasteiger partial charge in [-0.2, -0.15) is 0 Å². The summed E-state index contributed by atoms with van der Waals surface area (Å²) in [5.41, 5.74) is 4.32. The summed E-state index contributed by atoms with van der Waals surface area (Å²) in [5, 5.41) is 0. The lowest BCUT2D eigenvalue weighted by atomic mass is 10.0. The summed E-state index contributed by atoms with van der Waals surface area (Å²) in [7, 11) is 1.64. The molecule has 2 rings (SSSR count). The molecule has 17 heavy (non-hydrogen) atoms. The molecule has 0 saturated carbocycles. The summed E-state index contributed by atoms with van der Waals surface area (Å²) < 4.78 is 5.00. The van der Waals surface area contributed by atoms with Crippen LogP contribution in [0.4, 0.5) is 0 Å². The first kappa shape index (κ1) is 11.4. The molecule has 0 aliphatic heterocycles. The molecule has 0 radical (unpaired) electrons. The first-order valence-corrected chi connectivity index (χ1v) is 5.52. The SMILES string of the molecule is CO/C=C(/C)c1cc(-c2ccccc2)ccn1. The van der Waals surface area contributed by atoms with Crippen LogP contribution < -0.4 is 0 Å². The average Bonchev–Trinajstić information content (AvgIpc) is 2.40. The van der Waals surface area contributed by atoms with Gasteiger partial charge in [0.25, 0.3) is 0 Å². The Kier molecular flexibility index (Phi) is 3.55. The van der Waals surface area contributed by atoms with E-state index in [4.69, 9.17) is 4.74 Å². The molecule has 0 amide bonds. The number of pyridine rings is 1. The Morgan fingerprint density at radius 2 is 1.88 bits per heavy atom. The fourth-order valence-corrected chi connectivity index (χ4v) is 1.69. The van der Waals surface area contributed by atoms with Crippen LogP contribution in [0.3, 0.4) is 0 Å². The minimum atomic E-state index is 0.938. The molecule has 0 unspecified atom stereocenters. The molecule has 0 aliphatic rings. The van der Waals surface area contributed by atoms with Crippen LogP contribution in [-0.2, 0) is 4.74 Å². The highest BCUT2D eigenvalue weighted by atomic mass is 16.5. The molecular formula is C15H15NO. The molecule has 1 heterocycles. The molecule has 0 bridgehead atoms. The van der Waals surface area contributed by atoms with Crippen LogP contribution >= 0.6 is 0 Å². The zero-order chi connectivity index (χ0) is 12.1. The van der Waals surface area contributed by atoms with Crippen molar-refractivity contribution in [3.05, 3.63) is 60.6 Å². The van der Waals surface area contributed by atoms with Gasteiger partial charge in [0.2, 0.25) is 0 Å². The number of aromatic nitrogens is 1. The molecule has 2 heteroatoms. The highest BCUT2D eigenvalue weighted by molar-refractivity contribution is 5.69. The largest absolute Gasteiger partial charge is 0.504 e. The van der Waals surface area contributed by atoms with Crippen molar-refractivity contribution in [1.29, 1.82) is 0 Å². The van der Waals surface area contributed by atoms with E-state index in [1.807, 2.05) is 37.4 Å². The summed E-state index contributed by atoms with van der Waals surface area (Å²) >= 11 is 0. The van der Waals surface area contributed by atoms with Gasteiger partial charge in [0.15, 0.2) is 0 Å². The highest BCUT2D eigenvalue weighted by Gasteiger charge is 2.01. The molecule has 0 saturated heterocycles. The molecule has 0 fully saturated rings. The van der Waals surface area contributed by atoms with Gasteiger partial charge in [-0.05, 0) is 30.2 Å². The second-order valence-corrected chi connectivity index (χ2v) is 3.83. The zero-order valence-corrected chi connectivity index (χ0v) is 10.1. The smallest absolute Gasteiger partial charge is 0.0875 e. The van der Waals surface area contributed by atoms with E-state index < -0.39 is 0 Å². The van der Waals surface area contributed by atoms with Crippen molar-refractivity contribution < 1.29 is 4.74 Å². The average molecular weight is 225 g/mol. The summed E-state index contributed by atoms with van der Waals surface area (Å²) in [4.78, 5) is 4.34. The van der Waals surface area contributed by atoms with Crippen molar-refractivity contribution in [2.24, 2.45) is 0 Å². The second-order valence-electron chi connectivity index (χ2n) is 3.83. The van der Waals surface area contributed by atoms with Gasteiger partial charge < -0.3 is 4.74 Å². The molecule has 0 N–H and O–H groups in total. The lowest BCUT2D eigenvalue weighted by Crippen LogP contribution is -1.88. The Morgan fingerprint density at radius 1 is 1.12 bits per heavy atom. The fourth-order valence-electron chi connectivity index (χ4n) is 1.69. The lowest BCUT2D eigenvalue weighted by Gasteiger charge is -2.05. The van der Waals surface area contributed by atoms with Gasteiger partial charge in [-0.1, -0.05) is 30.3 Å². The van der Waals surface area contributed by atoms with Crippen LogP contribution in [-0.4, -0.2) is 12.1 Å². The normalized spacial score (nSPS) is 11.3. The van der Waals surface area contributed by atoms with E-state index in [0.29, 0.717) is 0 Å². The number of hydrogen-bond donors (Lipinski definition) is 0. The first-order chi connectivity index (χ1) is 8.31. The maximum Gasteiger partial charge on any atom is 0.0875 e. The predicted molar refractivity (Wildman–Crippen MR) is 70.3 cm³/mol. The summed E-state index contributed by atoms with van der Waals surface area (Å²) in [6, 6.07) is 14.4. The molecule has 0 aliphatic carbocycles. The van der Waals surface area contributed by atoms with Crippen LogP contribution in [0, 0.1) is 0 Å². The zero-order valence-electron chi connectivity index (χ0n) is 10.1. The third-order valence-corrected chi connectivity index (χ3v) is 2.57. The fraction of sp³-hybridized carbons (Fsp3) is 0.133. The Hall–Kier alpha value is -2.09. The topological polar surface area (TPSA) is 22.1 Å². The van der Waals surface area contributed by atoms with Gasteiger partial charge in [0.1, 0.15) is 0 Å². The first-order valence-electron chi connectivity index (χ1n) is 5.52. The van der Waals surface area contributed by atoms with E-state index in [1.165, 1.54) is 11.1 Å². The van der Waals surface area contributed by atoms with E-state index in [2.05, 4.69) is 23.2 Å². The molecule has 1 aromatic carbocycles. The van der Waals surface area contributed by atoms with E-state index in [9.17, 15) is 0 Å². The molecule has 1 aromatic heterocycles. The van der Waals surface area contributed by atoms with Crippen molar-refractivity contribution in [2.45, 2.75) is 6.92 Å². The number of ether oxygens (including phenoxy) is 1. The minimum Gasteiger partial charge on any atom is -0.504 e. The van der Waals surface area contributed by atoms with Crippen molar-refractivity contribution in [3.63, 3.8) is 0 Å². The van der Waals surface area contributed by atoms with Crippen LogP contribution in [0.1, 0.15) is 12.6 Å². The van der Waals surface area contributed by atoms with Crippen molar-refractivity contribution in [3.8, 4) is 11.1 Å². The molecule has 0 atom stereocenters. The van der Waals surface area contributed by atoms with Gasteiger partial charge >= 0.3 is 0 Å². The minimum absolute atomic E-state index is 0.938. The Labute approximate surface area is 102 Å². The van der Waals surface area contributed by atoms with Gasteiger partial charge in [-0.25, -0.2) is 0 Å². The maximum absolute atomic E-state index is 5.00. The molecule has 2 aromatic rings. The summed E-state index contributed by atoms with van der Waals surface area (Å²) in [6.07, 6.45) is 3.53. The summed E-state index contributed by atoms with van der Waals surface area (Å²) in [6.45, 7) is 1.99. The van der Waals surface area contributed by atoms with E-state index in [-0.39, 0.29) is 0 Å². The quantitative estimate of drug-likeness (QED) is 0.742. The highest BCUT2D eigenvalue weighted by Crippen LogP contribution is 2.21. The van der Waals surface area contributed by atoms with Gasteiger partial charge in [0.05, 0.1) is 19.1 Å². The van der Waals surface area contributed by atoms with Crippen molar-refractivity contribution in [2.75, 3.05) is 7.11 Å². The number of benzene rings is 1. The molecular weight excluding hydrogens is 210 g/mol. The lowest BCUT2D eigenvalue weighted by molar-refractivity contribution is 0.339. The molecule has 86 valence electrons. The van der Waals surface area contributed by atoms with Gasteiger partial charge in [-0.15, -0.1) is 0 Å². The Balaban J connectivity index is 2.39. The van der Waals surface area contributed by atoms with E-state index in [0.717, 1.165) is 11.3 Å². The number of hydrogen-bond acceptors (Lipinski definition) is 2. The molecule has 0 spiro atoms. The Morgan fingerprint density at radius 3 is 2.59 bits per heavy atom. The van der Waals surface area contributed by atoms with E-state index in [1.54, 1.807) is 13.4 Å². The van der Waals surface area contributed by atoms with Gasteiger partial charge in [-0.3, -0.25) is 4.98 Å². The monoisotopic (exact) mass is 225 g/mol. The third kappa shape index (κ3) is 2.72. The number of rotatable bonds is 3. The number of allylic oxidation sites excluding steroid dienone is 1. The molecule has 2 nitrogen and oxygen atoms in total. The third-order valence-electron chi connectivity index (χ3n) is 2.57. The number of nitrogens with zero attached hydrogens (tertiary/aromatic N) is 1. The Bertz CT molecular complexity index is 517. The van der Waals surface area contributed by atoms with Gasteiger partial charge in [0, 0.05) is 11.8 Å². The summed E-state index contributed by atoms with van der Waals surface area (Å²) in [5.74, 6) is 0. The maximum atomic E-state index is 5.00. The van der Waals surface area contributed by atoms with E-state index >= 15 is 0 Å². The van der Waals surface area contributed by atoms with Crippen LogP contribution in [0.25, 0.3) is 16.7 Å². The predicted octanol–water partition coefficient (Wildman–Crippen LogP) is 3.76. The number of methoxy groups -OCH3 is 1. The van der Waals surface area contributed by atoms with Crippen molar-refractivity contribution in [1.82, 2.24) is 4.98 Å².